The number of halogens is 1. The molecule has 0 heterocycles. The Balaban J connectivity index is 3.24. The normalized spacial score (nSPS) is 12.3. The lowest BCUT2D eigenvalue weighted by Crippen LogP contribution is -2.03. The molecule has 1 atom stereocenters. The number of thiol groups is 1. The summed E-state index contributed by atoms with van der Waals surface area (Å²) >= 11 is 8.84. The molecule has 0 aliphatic rings. The minimum absolute atomic E-state index is 0.00531. The van der Waals surface area contributed by atoms with Crippen LogP contribution in [-0.2, 0) is 14.4 Å². The number of hydrogen-bond donors (Lipinski definition) is 1. The van der Waals surface area contributed by atoms with Gasteiger partial charge in [-0.15, -0.1) is 11.6 Å². The van der Waals surface area contributed by atoms with Gasteiger partial charge in [-0.2, -0.15) is 0 Å². The topological polar surface area (TPSA) is 60.4 Å². The van der Waals surface area contributed by atoms with Crippen LogP contribution in [0.15, 0.2) is 29.2 Å². The fourth-order valence-electron chi connectivity index (χ4n) is 0.925. The van der Waals surface area contributed by atoms with E-state index in [1.165, 1.54) is 18.2 Å². The molecular formula is C7H7ClO4PS2+. The molecule has 1 rings (SSSR count). The van der Waals surface area contributed by atoms with Gasteiger partial charge in [-0.25, -0.2) is 12.9 Å². The maximum absolute atomic E-state index is 11.5. The molecule has 0 aliphatic heterocycles. The molecular weight excluding hydrogens is 279 g/mol. The van der Waals surface area contributed by atoms with Gasteiger partial charge < -0.3 is 0 Å². The second-order valence-corrected chi connectivity index (χ2v) is 6.68. The Kier molecular flexibility index (Phi) is 4.40. The maximum atomic E-state index is 11.5. The van der Waals surface area contributed by atoms with Gasteiger partial charge in [-0.3, -0.25) is 0 Å². The molecule has 0 radical (unpaired) electrons. The van der Waals surface area contributed by atoms with Crippen molar-refractivity contribution in [3.63, 3.8) is 0 Å². The molecule has 8 heteroatoms. The average molecular weight is 286 g/mol. The summed E-state index contributed by atoms with van der Waals surface area (Å²) in [6.07, 6.45) is 0. The molecule has 1 aromatic carbocycles. The van der Waals surface area contributed by atoms with E-state index in [4.69, 9.17) is 16.1 Å². The Labute approximate surface area is 98.5 Å². The van der Waals surface area contributed by atoms with E-state index < -0.39 is 22.3 Å². The van der Waals surface area contributed by atoms with Gasteiger partial charge in [0.15, 0.2) is 22.1 Å². The number of benzene rings is 1. The highest BCUT2D eigenvalue weighted by Gasteiger charge is 2.23. The van der Waals surface area contributed by atoms with E-state index in [1.807, 2.05) is 0 Å². The highest BCUT2D eigenvalue weighted by molar-refractivity contribution is 8.39. The molecule has 0 N–H and O–H groups in total. The summed E-state index contributed by atoms with van der Waals surface area (Å²) in [7, 11) is -5.80. The fraction of sp³-hybridized carbons (Fsp3) is 0.143. The fourth-order valence-corrected chi connectivity index (χ4v) is 2.75. The first-order chi connectivity index (χ1) is 6.97. The van der Waals surface area contributed by atoms with Crippen LogP contribution in [0.1, 0.15) is 0 Å². The second kappa shape index (κ2) is 5.16. The molecule has 1 unspecified atom stereocenters. The lowest BCUT2D eigenvalue weighted by atomic mass is 10.3. The third-order valence-corrected chi connectivity index (χ3v) is 4.26. The molecule has 0 fully saturated rings. The van der Waals surface area contributed by atoms with Crippen LogP contribution in [0.3, 0.4) is 0 Å². The summed E-state index contributed by atoms with van der Waals surface area (Å²) in [6.45, 7) is 0. The molecule has 0 bridgehead atoms. The first-order valence-corrected chi connectivity index (χ1v) is 8.21. The van der Waals surface area contributed by atoms with Crippen LogP contribution in [-0.4, -0.2) is 13.6 Å². The lowest BCUT2D eigenvalue weighted by Gasteiger charge is -2.02. The van der Waals surface area contributed by atoms with Crippen LogP contribution < -0.4 is 4.52 Å². The summed E-state index contributed by atoms with van der Waals surface area (Å²) in [5.74, 6) is -0.00531. The highest BCUT2D eigenvalue weighted by atomic mass is 35.5. The van der Waals surface area contributed by atoms with Gasteiger partial charge >= 0.3 is 7.23 Å². The zero-order valence-electron chi connectivity index (χ0n) is 7.33. The minimum Gasteiger partial charge on any atom is -0.244 e. The summed E-state index contributed by atoms with van der Waals surface area (Å²) in [5.41, 5.74) is 0. The molecule has 1 aromatic rings. The molecule has 0 saturated carbocycles. The Hall–Kier alpha value is -0.290. The predicted octanol–water partition coefficient (Wildman–Crippen LogP) is 2.62. The van der Waals surface area contributed by atoms with Crippen molar-refractivity contribution in [2.75, 3.05) is 5.21 Å². The van der Waals surface area contributed by atoms with Crippen LogP contribution in [0.4, 0.5) is 0 Å². The standard InChI is InChI=1S/C7H6ClO4PS2/c8-5-15(10,11)7-4-2-1-3-6(7)12-13(9)14/h1-4H,5H2/p+1. The Morgan fingerprint density at radius 3 is 2.53 bits per heavy atom. The minimum atomic E-state index is -3.60. The third-order valence-electron chi connectivity index (χ3n) is 1.50. The third kappa shape index (κ3) is 3.34. The second-order valence-electron chi connectivity index (χ2n) is 2.50. The van der Waals surface area contributed by atoms with Crippen molar-refractivity contribution in [3.8, 4) is 5.75 Å². The Morgan fingerprint density at radius 1 is 1.40 bits per heavy atom. The van der Waals surface area contributed by atoms with Crippen molar-refractivity contribution in [2.24, 2.45) is 0 Å². The smallest absolute Gasteiger partial charge is 0.244 e. The van der Waals surface area contributed by atoms with Gasteiger partial charge in [0.2, 0.25) is 5.75 Å². The summed E-state index contributed by atoms with van der Waals surface area (Å²) in [5, 5.41) is -0.559. The first-order valence-electron chi connectivity index (χ1n) is 3.69. The summed E-state index contributed by atoms with van der Waals surface area (Å²) in [6, 6.07) is 5.82. The van der Waals surface area contributed by atoms with Gasteiger partial charge in [0, 0.05) is 0 Å². The van der Waals surface area contributed by atoms with Crippen LogP contribution in [0, 0.1) is 0 Å². The van der Waals surface area contributed by atoms with E-state index >= 15 is 0 Å². The molecule has 4 nitrogen and oxygen atoms in total. The van der Waals surface area contributed by atoms with Gasteiger partial charge in [-0.1, -0.05) is 12.1 Å². The largest absolute Gasteiger partial charge is 0.631 e. The lowest BCUT2D eigenvalue weighted by molar-refractivity contribution is 0.512. The molecule has 15 heavy (non-hydrogen) atoms. The number of para-hydroxylation sites is 1. The zero-order valence-corrected chi connectivity index (χ0v) is 10.7. The number of sulfone groups is 1. The zero-order chi connectivity index (χ0) is 11.5. The van der Waals surface area contributed by atoms with Crippen LogP contribution >= 0.6 is 31.1 Å². The van der Waals surface area contributed by atoms with Crippen molar-refractivity contribution in [3.05, 3.63) is 24.3 Å². The number of rotatable bonds is 4. The van der Waals surface area contributed by atoms with Crippen LogP contribution in [0.5, 0.6) is 5.75 Å². The van der Waals surface area contributed by atoms with Crippen molar-refractivity contribution >= 4 is 40.9 Å². The number of alkyl halides is 1. The Morgan fingerprint density at radius 2 is 2.00 bits per heavy atom. The number of hydrogen-bond acceptors (Lipinski definition) is 4. The summed E-state index contributed by atoms with van der Waals surface area (Å²) in [4.78, 5) is -0.0857. The summed E-state index contributed by atoms with van der Waals surface area (Å²) < 4.78 is 38.5. The van der Waals surface area contributed by atoms with E-state index in [1.54, 1.807) is 6.07 Å². The van der Waals surface area contributed by atoms with Crippen molar-refractivity contribution < 1.29 is 17.5 Å². The molecule has 0 aromatic heterocycles. The average Bonchev–Trinajstić information content (AvgIpc) is 2.17. The van der Waals surface area contributed by atoms with Gasteiger partial charge in [0.1, 0.15) is 10.1 Å². The maximum Gasteiger partial charge on any atom is 0.631 e. The monoisotopic (exact) mass is 285 g/mol. The molecule has 0 amide bonds. The van der Waals surface area contributed by atoms with Gasteiger partial charge in [0.05, 0.1) is 0 Å². The van der Waals surface area contributed by atoms with E-state index in [2.05, 4.69) is 12.2 Å². The highest BCUT2D eigenvalue weighted by Crippen LogP contribution is 2.35. The first kappa shape index (κ1) is 12.8. The van der Waals surface area contributed by atoms with E-state index in [-0.39, 0.29) is 10.6 Å². The SMILES string of the molecule is O=[P+](S)Oc1ccccc1S(=O)(=O)CCl. The van der Waals surface area contributed by atoms with E-state index in [0.717, 1.165) is 0 Å². The van der Waals surface area contributed by atoms with Crippen molar-refractivity contribution in [1.82, 2.24) is 0 Å². The van der Waals surface area contributed by atoms with E-state index in [9.17, 15) is 13.0 Å². The molecule has 0 aliphatic carbocycles. The van der Waals surface area contributed by atoms with Crippen LogP contribution in [0.25, 0.3) is 0 Å². The molecule has 82 valence electrons. The molecule has 0 saturated heterocycles. The van der Waals surface area contributed by atoms with Gasteiger partial charge in [-0.05, 0) is 16.7 Å². The molecule has 0 spiro atoms. The predicted molar refractivity (Wildman–Crippen MR) is 61.6 cm³/mol. The van der Waals surface area contributed by atoms with Crippen molar-refractivity contribution in [1.29, 1.82) is 0 Å². The quantitative estimate of drug-likeness (QED) is 0.525. The Bertz CT molecular complexity index is 474. The van der Waals surface area contributed by atoms with Crippen molar-refractivity contribution in [2.45, 2.75) is 4.90 Å². The van der Waals surface area contributed by atoms with Gasteiger partial charge in [0.25, 0.3) is 0 Å². The van der Waals surface area contributed by atoms with E-state index in [0.29, 0.717) is 0 Å². The van der Waals surface area contributed by atoms with Crippen LogP contribution in [0.2, 0.25) is 0 Å².